The Morgan fingerprint density at radius 2 is 1.88 bits per heavy atom. The number of halogens is 2. The molecule has 0 unspecified atom stereocenters. The molecule has 3 aromatic rings. The zero-order chi connectivity index (χ0) is 22.8. The lowest BCUT2D eigenvalue weighted by Crippen LogP contribution is -2.27. The second-order valence-electron chi connectivity index (χ2n) is 6.25. The number of thioether (sulfide) groups is 1. The summed E-state index contributed by atoms with van der Waals surface area (Å²) in [6.45, 7) is 0. The molecule has 0 radical (unpaired) electrons. The van der Waals surface area contributed by atoms with E-state index in [0.29, 0.717) is 26.2 Å². The van der Waals surface area contributed by atoms with Crippen LogP contribution in [0.5, 0.6) is 11.6 Å². The molecule has 0 spiro atoms. The van der Waals surface area contributed by atoms with Crippen LogP contribution in [0.1, 0.15) is 5.56 Å². The number of nitro groups is 1. The van der Waals surface area contributed by atoms with Crippen molar-refractivity contribution in [1.29, 1.82) is 0 Å². The highest BCUT2D eigenvalue weighted by Crippen LogP contribution is 2.36. The van der Waals surface area contributed by atoms with Crippen LogP contribution < -0.4 is 9.64 Å². The van der Waals surface area contributed by atoms with E-state index in [9.17, 15) is 19.3 Å². The third-order valence-corrected chi connectivity index (χ3v) is 5.67. The predicted molar refractivity (Wildman–Crippen MR) is 122 cm³/mol. The van der Waals surface area contributed by atoms with Gasteiger partial charge in [0.15, 0.2) is 4.32 Å². The quantitative estimate of drug-likeness (QED) is 0.155. The zero-order valence-corrected chi connectivity index (χ0v) is 18.2. The number of amides is 1. The molecule has 4 rings (SSSR count). The summed E-state index contributed by atoms with van der Waals surface area (Å²) >= 11 is 12.1. The third-order valence-electron chi connectivity index (χ3n) is 4.19. The van der Waals surface area contributed by atoms with Crippen molar-refractivity contribution < 1.29 is 18.8 Å². The Bertz CT molecular complexity index is 1270. The molecular formula is C20H10ClFN4O4S2. The number of anilines is 1. The topological polar surface area (TPSA) is 98.5 Å². The van der Waals surface area contributed by atoms with E-state index in [2.05, 4.69) is 9.97 Å². The minimum absolute atomic E-state index is 0.0823. The van der Waals surface area contributed by atoms with Gasteiger partial charge in [0.05, 0.1) is 21.7 Å². The van der Waals surface area contributed by atoms with Crippen molar-refractivity contribution in [2.75, 3.05) is 4.90 Å². The molecule has 32 heavy (non-hydrogen) atoms. The molecule has 1 aliphatic rings. The highest BCUT2D eigenvalue weighted by atomic mass is 35.5. The second-order valence-corrected chi connectivity index (χ2v) is 8.27. The third kappa shape index (κ3) is 4.59. The SMILES string of the molecule is O=C1/C(=C\c2ccc(Oc3nc(Cl)ncc3F)cc2)SC(=S)N1c1ccc([N+](=O)[O-])cc1. The Morgan fingerprint density at radius 1 is 1.19 bits per heavy atom. The number of benzene rings is 2. The number of rotatable bonds is 5. The molecule has 160 valence electrons. The lowest BCUT2D eigenvalue weighted by molar-refractivity contribution is -0.384. The van der Waals surface area contributed by atoms with Gasteiger partial charge in [-0.15, -0.1) is 0 Å². The molecule has 1 amide bonds. The number of hydrogen-bond acceptors (Lipinski definition) is 8. The van der Waals surface area contributed by atoms with Gasteiger partial charge in [-0.2, -0.15) is 9.37 Å². The van der Waals surface area contributed by atoms with Crippen LogP contribution in [0.25, 0.3) is 6.08 Å². The van der Waals surface area contributed by atoms with Crippen LogP contribution >= 0.6 is 35.6 Å². The molecule has 0 atom stereocenters. The molecule has 2 heterocycles. The summed E-state index contributed by atoms with van der Waals surface area (Å²) in [7, 11) is 0. The lowest BCUT2D eigenvalue weighted by Gasteiger charge is -2.13. The van der Waals surface area contributed by atoms with E-state index in [1.165, 1.54) is 29.2 Å². The Hall–Kier alpha value is -3.41. The van der Waals surface area contributed by atoms with Crippen LogP contribution in [0.4, 0.5) is 15.8 Å². The molecule has 0 saturated carbocycles. The normalized spacial score (nSPS) is 14.8. The number of carbonyl (C=O) groups excluding carboxylic acids is 1. The van der Waals surface area contributed by atoms with Gasteiger partial charge in [0, 0.05) is 12.1 Å². The molecular weight excluding hydrogens is 479 g/mol. The number of carbonyl (C=O) groups is 1. The smallest absolute Gasteiger partial charge is 0.270 e. The average molecular weight is 489 g/mol. The molecule has 2 aromatic carbocycles. The summed E-state index contributed by atoms with van der Waals surface area (Å²) in [4.78, 5) is 32.0. The van der Waals surface area contributed by atoms with Gasteiger partial charge in [-0.05, 0) is 47.5 Å². The van der Waals surface area contributed by atoms with Crippen molar-refractivity contribution in [2.24, 2.45) is 0 Å². The first-order valence-corrected chi connectivity index (χ1v) is 10.4. The maximum atomic E-state index is 13.7. The fourth-order valence-corrected chi connectivity index (χ4v) is 4.14. The van der Waals surface area contributed by atoms with Crippen molar-refractivity contribution in [1.82, 2.24) is 9.97 Å². The summed E-state index contributed by atoms with van der Waals surface area (Å²) < 4.78 is 19.4. The van der Waals surface area contributed by atoms with Crippen molar-refractivity contribution in [2.45, 2.75) is 0 Å². The molecule has 0 bridgehead atoms. The van der Waals surface area contributed by atoms with Crippen molar-refractivity contribution >= 4 is 63.3 Å². The number of ether oxygens (including phenoxy) is 1. The van der Waals surface area contributed by atoms with E-state index in [1.807, 2.05) is 0 Å². The number of hydrogen-bond donors (Lipinski definition) is 0. The molecule has 1 fully saturated rings. The Balaban J connectivity index is 1.51. The number of non-ortho nitro benzene ring substituents is 1. The van der Waals surface area contributed by atoms with E-state index >= 15 is 0 Å². The lowest BCUT2D eigenvalue weighted by atomic mass is 10.2. The maximum absolute atomic E-state index is 13.7. The van der Waals surface area contributed by atoms with Gasteiger partial charge < -0.3 is 4.74 Å². The molecule has 1 aromatic heterocycles. The fraction of sp³-hybridized carbons (Fsp3) is 0. The van der Waals surface area contributed by atoms with Crippen molar-refractivity contribution in [3.8, 4) is 11.6 Å². The van der Waals surface area contributed by atoms with Crippen molar-refractivity contribution in [3.05, 3.63) is 86.4 Å². The largest absolute Gasteiger partial charge is 0.436 e. The van der Waals surface area contributed by atoms with Gasteiger partial charge in [-0.25, -0.2) is 4.98 Å². The van der Waals surface area contributed by atoms with Gasteiger partial charge >= 0.3 is 0 Å². The van der Waals surface area contributed by atoms with Gasteiger partial charge in [-0.3, -0.25) is 19.8 Å². The first-order valence-electron chi connectivity index (χ1n) is 8.80. The van der Waals surface area contributed by atoms with Crippen LogP contribution in [0, 0.1) is 15.9 Å². The molecule has 1 aliphatic heterocycles. The van der Waals surface area contributed by atoms with E-state index in [0.717, 1.165) is 18.0 Å². The first kappa shape index (κ1) is 21.8. The highest BCUT2D eigenvalue weighted by Gasteiger charge is 2.33. The summed E-state index contributed by atoms with van der Waals surface area (Å²) in [5, 5.41) is 10.7. The van der Waals surface area contributed by atoms with Gasteiger partial charge in [0.2, 0.25) is 11.1 Å². The van der Waals surface area contributed by atoms with Crippen molar-refractivity contribution in [3.63, 3.8) is 0 Å². The van der Waals surface area contributed by atoms with Crippen LogP contribution in [0.3, 0.4) is 0 Å². The minimum atomic E-state index is -0.756. The van der Waals surface area contributed by atoms with E-state index in [1.54, 1.807) is 30.3 Å². The van der Waals surface area contributed by atoms with Crippen LogP contribution in [-0.2, 0) is 4.79 Å². The molecule has 12 heteroatoms. The van der Waals surface area contributed by atoms with E-state index < -0.39 is 10.7 Å². The average Bonchev–Trinajstić information content (AvgIpc) is 3.05. The first-order chi connectivity index (χ1) is 15.3. The summed E-state index contributed by atoms with van der Waals surface area (Å²) in [6.07, 6.45) is 2.56. The number of thiocarbonyl (C=S) groups is 1. The van der Waals surface area contributed by atoms with Crippen LogP contribution in [0.15, 0.2) is 59.6 Å². The standard InChI is InChI=1S/C20H10ClFN4O4S2/c21-19-23-10-15(22)17(24-19)30-14-7-1-11(2-8-14)9-16-18(27)25(20(31)32-16)12-3-5-13(6-4-12)26(28)29/h1-10H/b16-9+. The maximum Gasteiger partial charge on any atom is 0.270 e. The van der Waals surface area contributed by atoms with Gasteiger partial charge in [0.25, 0.3) is 17.5 Å². The summed E-state index contributed by atoms with van der Waals surface area (Å²) in [5.41, 5.74) is 1.04. The zero-order valence-electron chi connectivity index (χ0n) is 15.8. The predicted octanol–water partition coefficient (Wildman–Crippen LogP) is 5.38. The Labute approximate surface area is 194 Å². The second kappa shape index (κ2) is 8.99. The highest BCUT2D eigenvalue weighted by molar-refractivity contribution is 8.27. The molecule has 0 aliphatic carbocycles. The molecule has 8 nitrogen and oxygen atoms in total. The van der Waals surface area contributed by atoms with Crippen LogP contribution in [-0.4, -0.2) is 25.1 Å². The minimum Gasteiger partial charge on any atom is -0.436 e. The Morgan fingerprint density at radius 3 is 2.53 bits per heavy atom. The monoisotopic (exact) mass is 488 g/mol. The fourth-order valence-electron chi connectivity index (χ4n) is 2.71. The molecule has 1 saturated heterocycles. The summed E-state index contributed by atoms with van der Waals surface area (Å²) in [5.74, 6) is -1.09. The number of nitro benzene ring substituents is 1. The van der Waals surface area contributed by atoms with E-state index in [4.69, 9.17) is 28.6 Å². The number of nitrogens with zero attached hydrogens (tertiary/aromatic N) is 4. The number of aromatic nitrogens is 2. The van der Waals surface area contributed by atoms with Gasteiger partial charge in [-0.1, -0.05) is 36.1 Å². The van der Waals surface area contributed by atoms with Crippen LogP contribution in [0.2, 0.25) is 5.28 Å². The Kier molecular flexibility index (Phi) is 6.12. The van der Waals surface area contributed by atoms with E-state index in [-0.39, 0.29) is 22.8 Å². The summed E-state index contributed by atoms with van der Waals surface area (Å²) in [6, 6.07) is 12.1. The van der Waals surface area contributed by atoms with Gasteiger partial charge in [0.1, 0.15) is 5.75 Å². The molecule has 0 N–H and O–H groups in total.